The number of Topliss-reactive ketones (excluding diaryl/α,β-unsaturated/α-hetero) is 1. The van der Waals surface area contributed by atoms with Crippen molar-refractivity contribution in [3.8, 4) is 0 Å². The average Bonchev–Trinajstić information content (AvgIpc) is 2.99. The van der Waals surface area contributed by atoms with Crippen molar-refractivity contribution >= 4 is 36.1 Å². The summed E-state index contributed by atoms with van der Waals surface area (Å²) >= 11 is 0. The lowest BCUT2D eigenvalue weighted by molar-refractivity contribution is -0.129. The van der Waals surface area contributed by atoms with E-state index in [0.29, 0.717) is 13.0 Å². The molecule has 0 unspecified atom stereocenters. The highest BCUT2D eigenvalue weighted by atomic mass is 28.4. The highest BCUT2D eigenvalue weighted by Gasteiger charge is 2.50. The second-order valence-electron chi connectivity index (χ2n) is 13.4. The lowest BCUT2D eigenvalue weighted by Gasteiger charge is -2.43. The number of nitrogens with one attached hydrogen (secondary N) is 1. The predicted octanol–water partition coefficient (Wildman–Crippen LogP) is 8.54. The molecule has 0 aliphatic rings. The van der Waals surface area contributed by atoms with E-state index in [4.69, 9.17) is 4.43 Å². The Morgan fingerprint density at radius 2 is 1.35 bits per heavy atom. The van der Waals surface area contributed by atoms with Crippen LogP contribution in [0.15, 0.2) is 84.9 Å². The Morgan fingerprint density at radius 3 is 1.84 bits per heavy atom. The molecule has 0 spiro atoms. The van der Waals surface area contributed by atoms with Crippen molar-refractivity contribution in [3.05, 3.63) is 90.5 Å². The van der Waals surface area contributed by atoms with E-state index in [9.17, 15) is 9.59 Å². The van der Waals surface area contributed by atoms with Crippen LogP contribution in [0.3, 0.4) is 0 Å². The van der Waals surface area contributed by atoms with Gasteiger partial charge in [-0.2, -0.15) is 0 Å². The largest absolute Gasteiger partial charge is 0.403 e. The fourth-order valence-electron chi connectivity index (χ4n) is 5.83. The second-order valence-corrected chi connectivity index (χ2v) is 17.7. The highest BCUT2D eigenvalue weighted by molar-refractivity contribution is 6.99. The molecule has 0 aliphatic carbocycles. The maximum atomic E-state index is 13.4. The molecule has 0 aliphatic heterocycles. The van der Waals surface area contributed by atoms with Crippen LogP contribution in [-0.4, -0.2) is 20.0 Å². The number of carbonyl (C=O) groups is 2. The summed E-state index contributed by atoms with van der Waals surface area (Å²) in [5.41, 5.74) is 1.81. The van der Waals surface area contributed by atoms with Crippen LogP contribution in [0.1, 0.15) is 92.6 Å². The van der Waals surface area contributed by atoms with E-state index in [1.807, 2.05) is 31.2 Å². The van der Waals surface area contributed by atoms with Gasteiger partial charge in [0.05, 0.1) is 6.61 Å². The predicted molar refractivity (Wildman–Crippen MR) is 183 cm³/mol. The first-order valence-electron chi connectivity index (χ1n) is 16.2. The minimum Gasteiger partial charge on any atom is -0.403 e. The molecule has 4 nitrogen and oxygen atoms in total. The van der Waals surface area contributed by atoms with Gasteiger partial charge in [0.15, 0.2) is 0 Å². The zero-order valence-corrected chi connectivity index (χ0v) is 28.5. The summed E-state index contributed by atoms with van der Waals surface area (Å²) in [6, 6.07) is 29.3. The molecule has 43 heavy (non-hydrogen) atoms. The van der Waals surface area contributed by atoms with Crippen LogP contribution in [0.25, 0.3) is 0 Å². The summed E-state index contributed by atoms with van der Waals surface area (Å²) in [5, 5.41) is 5.52. The van der Waals surface area contributed by atoms with Crippen molar-refractivity contribution in [2.45, 2.75) is 98.6 Å². The van der Waals surface area contributed by atoms with Crippen LogP contribution in [0.2, 0.25) is 5.04 Å². The molecule has 0 fully saturated rings. The number of amides is 1. The summed E-state index contributed by atoms with van der Waals surface area (Å²) in [5.74, 6) is 0.0537. The Labute approximate surface area is 261 Å². The SMILES string of the molecule is CCCCCC[C@H](CC(=O)[C@@H](C)C(C)C)C(=O)Nc1ccc(CO[Si](c2ccccc2)(c2ccccc2)C(C)(C)C)cc1. The van der Waals surface area contributed by atoms with Gasteiger partial charge in [-0.25, -0.2) is 0 Å². The fraction of sp³-hybridized carbons (Fsp3) is 0.474. The molecule has 2 atom stereocenters. The van der Waals surface area contributed by atoms with E-state index in [1.165, 1.54) is 10.4 Å². The fourth-order valence-corrected chi connectivity index (χ4v) is 10.4. The van der Waals surface area contributed by atoms with Crippen molar-refractivity contribution in [2.75, 3.05) is 5.32 Å². The van der Waals surface area contributed by atoms with Gasteiger partial charge in [0.25, 0.3) is 8.32 Å². The van der Waals surface area contributed by atoms with E-state index in [0.717, 1.165) is 43.4 Å². The Bertz CT molecular complexity index is 1230. The Kier molecular flexibility index (Phi) is 13.0. The normalized spacial score (nSPS) is 13.5. The van der Waals surface area contributed by atoms with Crippen molar-refractivity contribution < 1.29 is 14.0 Å². The quantitative estimate of drug-likeness (QED) is 0.133. The first-order chi connectivity index (χ1) is 20.5. The number of rotatable bonds is 16. The summed E-state index contributed by atoms with van der Waals surface area (Å²) in [6.45, 7) is 15.6. The monoisotopic (exact) mass is 599 g/mol. The van der Waals surface area contributed by atoms with Crippen molar-refractivity contribution in [1.29, 1.82) is 0 Å². The van der Waals surface area contributed by atoms with Crippen LogP contribution in [0, 0.1) is 17.8 Å². The molecule has 0 saturated heterocycles. The van der Waals surface area contributed by atoms with Gasteiger partial charge in [0.1, 0.15) is 5.78 Å². The smallest absolute Gasteiger partial charge is 0.261 e. The highest BCUT2D eigenvalue weighted by Crippen LogP contribution is 2.37. The minimum atomic E-state index is -2.64. The third-order valence-electron chi connectivity index (χ3n) is 8.83. The van der Waals surface area contributed by atoms with Crippen LogP contribution < -0.4 is 15.7 Å². The molecule has 0 radical (unpaired) electrons. The molecule has 3 rings (SSSR count). The Hall–Kier alpha value is -3.02. The number of hydrogen-bond acceptors (Lipinski definition) is 3. The first kappa shape index (κ1) is 34.5. The minimum absolute atomic E-state index is 0.0410. The number of ketones is 1. The Balaban J connectivity index is 1.76. The summed E-state index contributed by atoms with van der Waals surface area (Å²) in [7, 11) is -2.64. The average molecular weight is 600 g/mol. The van der Waals surface area contributed by atoms with Crippen molar-refractivity contribution in [3.63, 3.8) is 0 Å². The molecule has 3 aromatic rings. The van der Waals surface area contributed by atoms with Crippen LogP contribution >= 0.6 is 0 Å². The molecule has 1 N–H and O–H groups in total. The van der Waals surface area contributed by atoms with Crippen LogP contribution in [0.5, 0.6) is 0 Å². The number of benzene rings is 3. The van der Waals surface area contributed by atoms with E-state index >= 15 is 0 Å². The molecule has 232 valence electrons. The molecule has 1 amide bonds. The number of carbonyl (C=O) groups excluding carboxylic acids is 2. The van der Waals surface area contributed by atoms with Gasteiger partial charge in [-0.1, -0.05) is 147 Å². The number of hydrogen-bond donors (Lipinski definition) is 1. The summed E-state index contributed by atoms with van der Waals surface area (Å²) in [6.07, 6.45) is 5.41. The molecule has 0 saturated carbocycles. The van der Waals surface area contributed by atoms with E-state index in [-0.39, 0.29) is 34.5 Å². The van der Waals surface area contributed by atoms with Crippen LogP contribution in [0.4, 0.5) is 5.69 Å². The third kappa shape index (κ3) is 9.23. The lowest BCUT2D eigenvalue weighted by Crippen LogP contribution is -2.66. The molecule has 0 heterocycles. The molecular formula is C38H53NO3Si. The maximum absolute atomic E-state index is 13.4. The molecule has 5 heteroatoms. The topological polar surface area (TPSA) is 55.4 Å². The zero-order chi connectivity index (χ0) is 31.5. The van der Waals surface area contributed by atoms with E-state index in [1.54, 1.807) is 0 Å². The van der Waals surface area contributed by atoms with Gasteiger partial charge in [0.2, 0.25) is 5.91 Å². The second kappa shape index (κ2) is 16.2. The van der Waals surface area contributed by atoms with E-state index < -0.39 is 8.32 Å². The zero-order valence-electron chi connectivity index (χ0n) is 27.5. The lowest BCUT2D eigenvalue weighted by atomic mass is 9.86. The summed E-state index contributed by atoms with van der Waals surface area (Å²) in [4.78, 5) is 26.3. The van der Waals surface area contributed by atoms with Crippen molar-refractivity contribution in [2.24, 2.45) is 17.8 Å². The molecule has 0 aromatic heterocycles. The van der Waals surface area contributed by atoms with Gasteiger partial charge in [-0.05, 0) is 45.4 Å². The van der Waals surface area contributed by atoms with Gasteiger partial charge >= 0.3 is 0 Å². The molecule has 0 bridgehead atoms. The van der Waals surface area contributed by atoms with Gasteiger partial charge in [-0.3, -0.25) is 9.59 Å². The van der Waals surface area contributed by atoms with Gasteiger partial charge in [0, 0.05) is 23.9 Å². The van der Waals surface area contributed by atoms with Crippen molar-refractivity contribution in [1.82, 2.24) is 0 Å². The standard InChI is InChI=1S/C38H53NO3Si/c1-8-9-10-13-18-32(27-36(40)30(4)29(2)3)37(41)39-33-25-23-31(24-26-33)28-42-43(38(5,6)7,34-19-14-11-15-20-34)35-21-16-12-17-22-35/h11-12,14-17,19-26,29-30,32H,8-10,13,18,27-28H2,1-7H3,(H,39,41)/t30-,32+/m0/s1. The number of unbranched alkanes of at least 4 members (excludes halogenated alkanes) is 3. The van der Waals surface area contributed by atoms with Crippen LogP contribution in [-0.2, 0) is 20.6 Å². The van der Waals surface area contributed by atoms with E-state index in [2.05, 4.69) is 108 Å². The maximum Gasteiger partial charge on any atom is 0.261 e. The van der Waals surface area contributed by atoms with Gasteiger partial charge < -0.3 is 9.74 Å². The molecule has 3 aromatic carbocycles. The summed E-state index contributed by atoms with van der Waals surface area (Å²) < 4.78 is 7.08. The first-order valence-corrected chi connectivity index (χ1v) is 18.1. The number of anilines is 1. The molecular weight excluding hydrogens is 547 g/mol. The third-order valence-corrected chi connectivity index (χ3v) is 13.8. The van der Waals surface area contributed by atoms with Gasteiger partial charge in [-0.15, -0.1) is 0 Å². The Morgan fingerprint density at radius 1 is 0.791 bits per heavy atom.